The van der Waals surface area contributed by atoms with E-state index in [-0.39, 0.29) is 5.78 Å². The lowest BCUT2D eigenvalue weighted by molar-refractivity contribution is 0.103. The molecule has 0 unspecified atom stereocenters. The molecule has 19 heavy (non-hydrogen) atoms. The van der Waals surface area contributed by atoms with Crippen LogP contribution in [0.15, 0.2) is 46.5 Å². The number of hydrogen-bond acceptors (Lipinski definition) is 4. The normalized spacial score (nSPS) is 18.0. The van der Waals surface area contributed by atoms with E-state index < -0.39 is 0 Å². The molecule has 0 aromatic heterocycles. The second-order valence-electron chi connectivity index (χ2n) is 4.58. The molecule has 1 aromatic carbocycles. The minimum Gasteiger partial charge on any atom is -0.497 e. The van der Waals surface area contributed by atoms with Gasteiger partial charge in [0.05, 0.1) is 7.11 Å². The molecular weight excluding hydrogens is 258 g/mol. The van der Waals surface area contributed by atoms with Crippen LogP contribution in [0.25, 0.3) is 0 Å². The standard InChI is InChI=1S/C15H15NO2S/c1-16-13-6-4-3-5-11(13)15(17)12-8-7-10(18-2)9-14(12)19-16/h3,5,7-9H,4,6H2,1-2H3. The predicted molar refractivity (Wildman–Crippen MR) is 76.3 cm³/mol. The Kier molecular flexibility index (Phi) is 3.11. The highest BCUT2D eigenvalue weighted by Crippen LogP contribution is 2.39. The molecule has 1 aromatic rings. The number of nitrogens with zero attached hydrogens (tertiary/aromatic N) is 1. The zero-order chi connectivity index (χ0) is 13.4. The van der Waals surface area contributed by atoms with Gasteiger partial charge in [0.1, 0.15) is 5.75 Å². The van der Waals surface area contributed by atoms with Gasteiger partial charge in [-0.1, -0.05) is 12.2 Å². The van der Waals surface area contributed by atoms with Gasteiger partial charge in [-0.15, -0.1) is 0 Å². The minimum absolute atomic E-state index is 0.112. The number of benzene rings is 1. The zero-order valence-electron chi connectivity index (χ0n) is 11.0. The number of allylic oxidation sites excluding steroid dienone is 4. The summed E-state index contributed by atoms with van der Waals surface area (Å²) in [5.74, 6) is 0.892. The molecule has 0 saturated carbocycles. The summed E-state index contributed by atoms with van der Waals surface area (Å²) >= 11 is 1.59. The van der Waals surface area contributed by atoms with Gasteiger partial charge in [0.2, 0.25) is 0 Å². The molecule has 1 aliphatic heterocycles. The number of methoxy groups -OCH3 is 1. The maximum atomic E-state index is 12.6. The number of carbonyl (C=O) groups is 1. The summed E-state index contributed by atoms with van der Waals surface area (Å²) in [5.41, 5.74) is 2.70. The molecule has 1 heterocycles. The molecule has 0 spiro atoms. The van der Waals surface area contributed by atoms with E-state index in [0.717, 1.165) is 40.3 Å². The van der Waals surface area contributed by atoms with Gasteiger partial charge in [0.25, 0.3) is 0 Å². The minimum atomic E-state index is 0.112. The Hall–Kier alpha value is -1.68. The van der Waals surface area contributed by atoms with Gasteiger partial charge in [-0.2, -0.15) is 0 Å². The van der Waals surface area contributed by atoms with Crippen molar-refractivity contribution in [1.29, 1.82) is 0 Å². The molecule has 0 atom stereocenters. The van der Waals surface area contributed by atoms with Crippen molar-refractivity contribution in [2.45, 2.75) is 17.7 Å². The molecule has 0 saturated heterocycles. The van der Waals surface area contributed by atoms with Gasteiger partial charge < -0.3 is 9.04 Å². The Morgan fingerprint density at radius 1 is 1.37 bits per heavy atom. The highest BCUT2D eigenvalue weighted by atomic mass is 32.2. The number of Topliss-reactive ketones (excluding diaryl/α,β-unsaturated/α-hetero) is 1. The molecule has 98 valence electrons. The summed E-state index contributed by atoms with van der Waals surface area (Å²) in [6.07, 6.45) is 5.95. The molecule has 3 rings (SSSR count). The summed E-state index contributed by atoms with van der Waals surface area (Å²) in [7, 11) is 3.65. The highest BCUT2D eigenvalue weighted by Gasteiger charge is 2.27. The molecular formula is C15H15NO2S. The quantitative estimate of drug-likeness (QED) is 0.733. The summed E-state index contributed by atoms with van der Waals surface area (Å²) < 4.78 is 7.34. The third-order valence-corrected chi connectivity index (χ3v) is 4.47. The maximum absolute atomic E-state index is 12.6. The fourth-order valence-corrected chi connectivity index (χ4v) is 3.45. The van der Waals surface area contributed by atoms with E-state index in [1.165, 1.54) is 0 Å². The Bertz CT molecular complexity index is 604. The average molecular weight is 273 g/mol. The van der Waals surface area contributed by atoms with Gasteiger partial charge in [-0.05, 0) is 43.0 Å². The summed E-state index contributed by atoms with van der Waals surface area (Å²) in [4.78, 5) is 13.6. The van der Waals surface area contributed by atoms with E-state index >= 15 is 0 Å². The first-order chi connectivity index (χ1) is 9.20. The van der Waals surface area contributed by atoms with Crippen LogP contribution in [0, 0.1) is 0 Å². The second-order valence-corrected chi connectivity index (χ2v) is 5.75. The van der Waals surface area contributed by atoms with Crippen molar-refractivity contribution in [3.05, 3.63) is 47.2 Å². The molecule has 0 N–H and O–H groups in total. The number of hydrogen-bond donors (Lipinski definition) is 0. The Morgan fingerprint density at radius 3 is 3.00 bits per heavy atom. The number of carbonyl (C=O) groups excluding carboxylic acids is 1. The fraction of sp³-hybridized carbons (Fsp3) is 0.267. The third-order valence-electron chi connectivity index (χ3n) is 3.44. The average Bonchev–Trinajstić information content (AvgIpc) is 2.55. The van der Waals surface area contributed by atoms with Crippen molar-refractivity contribution in [1.82, 2.24) is 4.31 Å². The monoisotopic (exact) mass is 273 g/mol. The maximum Gasteiger partial charge on any atom is 0.195 e. The van der Waals surface area contributed by atoms with Crippen LogP contribution in [0.2, 0.25) is 0 Å². The zero-order valence-corrected chi connectivity index (χ0v) is 11.8. The number of ketones is 1. The molecule has 0 amide bonds. The van der Waals surface area contributed by atoms with Gasteiger partial charge in [0, 0.05) is 28.8 Å². The van der Waals surface area contributed by atoms with Gasteiger partial charge in [-0.3, -0.25) is 4.79 Å². The molecule has 0 fully saturated rings. The topological polar surface area (TPSA) is 29.5 Å². The van der Waals surface area contributed by atoms with Crippen molar-refractivity contribution in [2.75, 3.05) is 14.2 Å². The molecule has 2 aliphatic rings. The Morgan fingerprint density at radius 2 is 2.21 bits per heavy atom. The Balaban J connectivity index is 2.13. The lowest BCUT2D eigenvalue weighted by atomic mass is 9.95. The van der Waals surface area contributed by atoms with Crippen molar-refractivity contribution in [2.24, 2.45) is 0 Å². The lowest BCUT2D eigenvalue weighted by Gasteiger charge is -2.22. The van der Waals surface area contributed by atoms with Crippen LogP contribution in [0.3, 0.4) is 0 Å². The largest absolute Gasteiger partial charge is 0.497 e. The van der Waals surface area contributed by atoms with Gasteiger partial charge in [0.15, 0.2) is 5.78 Å². The summed E-state index contributed by atoms with van der Waals surface area (Å²) in [6.45, 7) is 0. The first-order valence-electron chi connectivity index (χ1n) is 6.25. The van der Waals surface area contributed by atoms with Crippen molar-refractivity contribution in [3.63, 3.8) is 0 Å². The van der Waals surface area contributed by atoms with Crippen molar-refractivity contribution >= 4 is 17.7 Å². The van der Waals surface area contributed by atoms with Gasteiger partial charge in [-0.25, -0.2) is 0 Å². The molecule has 0 bridgehead atoms. The van der Waals surface area contributed by atoms with E-state index in [0.29, 0.717) is 0 Å². The number of ether oxygens (including phenoxy) is 1. The van der Waals surface area contributed by atoms with Gasteiger partial charge >= 0.3 is 0 Å². The summed E-state index contributed by atoms with van der Waals surface area (Å²) in [6, 6.07) is 5.63. The van der Waals surface area contributed by atoms with E-state index in [1.54, 1.807) is 19.1 Å². The van der Waals surface area contributed by atoms with Crippen LogP contribution in [0.4, 0.5) is 0 Å². The SMILES string of the molecule is COc1ccc2c(c1)SN(C)C1=C(C=CCC1)C2=O. The van der Waals surface area contributed by atoms with Crippen LogP contribution in [0.1, 0.15) is 23.2 Å². The van der Waals surface area contributed by atoms with Crippen molar-refractivity contribution < 1.29 is 9.53 Å². The van der Waals surface area contributed by atoms with Crippen molar-refractivity contribution in [3.8, 4) is 5.75 Å². The summed E-state index contributed by atoms with van der Waals surface area (Å²) in [5, 5.41) is 0. The Labute approximate surface area is 117 Å². The smallest absolute Gasteiger partial charge is 0.195 e. The van der Waals surface area contributed by atoms with E-state index in [9.17, 15) is 4.79 Å². The van der Waals surface area contributed by atoms with E-state index in [1.807, 2.05) is 31.3 Å². The fourth-order valence-electron chi connectivity index (χ4n) is 2.43. The molecule has 1 aliphatic carbocycles. The predicted octanol–water partition coefficient (Wildman–Crippen LogP) is 3.43. The van der Waals surface area contributed by atoms with Crippen LogP contribution >= 0.6 is 11.9 Å². The second kappa shape index (κ2) is 4.78. The van der Waals surface area contributed by atoms with E-state index in [2.05, 4.69) is 10.4 Å². The lowest BCUT2D eigenvalue weighted by Crippen LogP contribution is -2.13. The molecule has 4 heteroatoms. The number of rotatable bonds is 1. The van der Waals surface area contributed by atoms with E-state index in [4.69, 9.17) is 4.74 Å². The highest BCUT2D eigenvalue weighted by molar-refractivity contribution is 7.97. The van der Waals surface area contributed by atoms with Crippen LogP contribution in [-0.2, 0) is 0 Å². The molecule has 0 radical (unpaired) electrons. The van der Waals surface area contributed by atoms with Crippen LogP contribution < -0.4 is 4.74 Å². The van der Waals surface area contributed by atoms with Crippen LogP contribution in [0.5, 0.6) is 5.75 Å². The third kappa shape index (κ3) is 2.06. The molecule has 3 nitrogen and oxygen atoms in total. The first kappa shape index (κ1) is 12.4. The number of fused-ring (bicyclic) bond motifs is 1. The van der Waals surface area contributed by atoms with Crippen LogP contribution in [-0.4, -0.2) is 24.2 Å². The first-order valence-corrected chi connectivity index (χ1v) is 7.02.